The van der Waals surface area contributed by atoms with Gasteiger partial charge in [0.2, 0.25) is 0 Å². The fourth-order valence-electron chi connectivity index (χ4n) is 1.30. The maximum Gasteiger partial charge on any atom is 0.115 e. The van der Waals surface area contributed by atoms with Crippen LogP contribution in [-0.2, 0) is 14.2 Å². The van der Waals surface area contributed by atoms with Gasteiger partial charge in [-0.25, -0.2) is 0 Å². The van der Waals surface area contributed by atoms with Crippen LogP contribution in [0.15, 0.2) is 0 Å². The highest BCUT2D eigenvalue weighted by Gasteiger charge is 2.32. The maximum atomic E-state index is 5.33. The number of hydrogen-bond donors (Lipinski definition) is 0. The van der Waals surface area contributed by atoms with Gasteiger partial charge in [-0.2, -0.15) is 0 Å². The van der Waals surface area contributed by atoms with Crippen LogP contribution in [0.2, 0.25) is 0 Å². The molecule has 1 aliphatic rings. The molecule has 0 saturated carbocycles. The van der Waals surface area contributed by atoms with Crippen LogP contribution in [0.1, 0.15) is 12.8 Å². The molecule has 1 saturated heterocycles. The Morgan fingerprint density at radius 1 is 1.45 bits per heavy atom. The molecule has 0 atom stereocenters. The number of hydrogen-bond acceptors (Lipinski definition) is 3. The van der Waals surface area contributed by atoms with E-state index in [0.29, 0.717) is 6.61 Å². The predicted molar refractivity (Wildman–Crippen MR) is 40.0 cm³/mol. The largest absolute Gasteiger partial charge is 0.381 e. The van der Waals surface area contributed by atoms with Crippen LogP contribution in [0.3, 0.4) is 0 Å². The van der Waals surface area contributed by atoms with Crippen molar-refractivity contribution in [2.24, 2.45) is 0 Å². The zero-order chi connectivity index (χ0) is 8.16. The van der Waals surface area contributed by atoms with Crippen LogP contribution in [0.5, 0.6) is 0 Å². The smallest absolute Gasteiger partial charge is 0.115 e. The Morgan fingerprint density at radius 2 is 2.09 bits per heavy atom. The molecular formula is C8H14O3. The SMILES string of the molecule is [CH]OCC1(OC)CCOCC1. The summed E-state index contributed by atoms with van der Waals surface area (Å²) in [6, 6.07) is 0. The van der Waals surface area contributed by atoms with Crippen molar-refractivity contribution in [3.05, 3.63) is 7.11 Å². The van der Waals surface area contributed by atoms with Crippen LogP contribution in [0.25, 0.3) is 0 Å². The zero-order valence-corrected chi connectivity index (χ0v) is 6.84. The summed E-state index contributed by atoms with van der Waals surface area (Å²) in [5, 5.41) is 0. The highest BCUT2D eigenvalue weighted by atomic mass is 16.5. The Bertz CT molecular complexity index is 102. The van der Waals surface area contributed by atoms with Crippen molar-refractivity contribution < 1.29 is 14.2 Å². The number of rotatable bonds is 3. The normalized spacial score (nSPS) is 23.5. The van der Waals surface area contributed by atoms with E-state index < -0.39 is 0 Å². The summed E-state index contributed by atoms with van der Waals surface area (Å²) in [7, 11) is 6.68. The molecule has 3 heteroatoms. The van der Waals surface area contributed by atoms with Crippen molar-refractivity contribution in [2.45, 2.75) is 18.4 Å². The van der Waals surface area contributed by atoms with Crippen molar-refractivity contribution in [1.29, 1.82) is 0 Å². The van der Waals surface area contributed by atoms with Crippen LogP contribution in [0.4, 0.5) is 0 Å². The highest BCUT2D eigenvalue weighted by molar-refractivity contribution is 4.82. The molecule has 64 valence electrons. The van der Waals surface area contributed by atoms with E-state index in [4.69, 9.17) is 16.6 Å². The summed E-state index contributed by atoms with van der Waals surface area (Å²) in [4.78, 5) is 0. The Kier molecular flexibility index (Phi) is 3.30. The maximum absolute atomic E-state index is 5.33. The van der Waals surface area contributed by atoms with Gasteiger partial charge < -0.3 is 14.2 Å². The average Bonchev–Trinajstić information content (AvgIpc) is 2.07. The van der Waals surface area contributed by atoms with Crippen LogP contribution in [-0.4, -0.2) is 32.5 Å². The molecule has 0 aromatic rings. The van der Waals surface area contributed by atoms with Crippen molar-refractivity contribution in [2.75, 3.05) is 26.9 Å². The second-order valence-electron chi connectivity index (χ2n) is 2.81. The molecule has 2 radical (unpaired) electrons. The van der Waals surface area contributed by atoms with Gasteiger partial charge in [-0.3, -0.25) is 0 Å². The summed E-state index contributed by atoms with van der Waals surface area (Å²) in [6.45, 7) is 1.92. The molecule has 11 heavy (non-hydrogen) atoms. The summed E-state index contributed by atoms with van der Waals surface area (Å²) in [5.74, 6) is 0. The summed E-state index contributed by atoms with van der Waals surface area (Å²) in [6.07, 6.45) is 1.72. The first kappa shape index (κ1) is 8.97. The molecule has 1 fully saturated rings. The lowest BCUT2D eigenvalue weighted by Gasteiger charge is -2.34. The third-order valence-electron chi connectivity index (χ3n) is 2.18. The first-order chi connectivity index (χ1) is 5.33. The molecule has 3 nitrogen and oxygen atoms in total. The Labute approximate surface area is 67.6 Å². The minimum absolute atomic E-state index is 0.201. The third kappa shape index (κ3) is 2.15. The average molecular weight is 158 g/mol. The van der Waals surface area contributed by atoms with E-state index in [1.807, 2.05) is 0 Å². The van der Waals surface area contributed by atoms with Gasteiger partial charge in [0, 0.05) is 33.2 Å². The summed E-state index contributed by atoms with van der Waals surface area (Å²) >= 11 is 0. The molecule has 0 bridgehead atoms. The number of methoxy groups -OCH3 is 1. The first-order valence-corrected chi connectivity index (χ1v) is 3.77. The first-order valence-electron chi connectivity index (χ1n) is 3.77. The van der Waals surface area contributed by atoms with E-state index in [1.165, 1.54) is 0 Å². The van der Waals surface area contributed by atoms with E-state index in [1.54, 1.807) is 7.11 Å². The predicted octanol–water partition coefficient (Wildman–Crippen LogP) is 0.867. The zero-order valence-electron chi connectivity index (χ0n) is 6.84. The molecule has 0 aromatic heterocycles. The molecule has 0 unspecified atom stereocenters. The van der Waals surface area contributed by atoms with Crippen molar-refractivity contribution in [1.82, 2.24) is 0 Å². The monoisotopic (exact) mass is 158 g/mol. The minimum atomic E-state index is -0.201. The lowest BCUT2D eigenvalue weighted by atomic mass is 9.95. The van der Waals surface area contributed by atoms with Gasteiger partial charge >= 0.3 is 0 Å². The Hall–Kier alpha value is -0.120. The topological polar surface area (TPSA) is 27.7 Å². The van der Waals surface area contributed by atoms with Gasteiger partial charge in [-0.1, -0.05) is 0 Å². The Morgan fingerprint density at radius 3 is 2.55 bits per heavy atom. The molecule has 0 amide bonds. The summed E-state index contributed by atoms with van der Waals surface area (Å²) < 4.78 is 15.1. The van der Waals surface area contributed by atoms with Crippen molar-refractivity contribution >= 4 is 0 Å². The molecule has 1 aliphatic heterocycles. The molecule has 1 rings (SSSR count). The van der Waals surface area contributed by atoms with Crippen molar-refractivity contribution in [3.8, 4) is 0 Å². The van der Waals surface area contributed by atoms with Crippen molar-refractivity contribution in [3.63, 3.8) is 0 Å². The molecule has 0 aromatic carbocycles. The van der Waals surface area contributed by atoms with E-state index in [2.05, 4.69) is 4.74 Å². The van der Waals surface area contributed by atoms with E-state index in [-0.39, 0.29) is 5.60 Å². The molecule has 0 spiro atoms. The standard InChI is InChI=1S/C8H14O3/c1-9-7-8(10-2)3-5-11-6-4-8/h1H,3-7H2,2H3. The van der Waals surface area contributed by atoms with Gasteiger partial charge in [0.25, 0.3) is 0 Å². The second kappa shape index (κ2) is 4.04. The minimum Gasteiger partial charge on any atom is -0.381 e. The van der Waals surface area contributed by atoms with Gasteiger partial charge in [0.1, 0.15) is 7.11 Å². The Balaban J connectivity index is 2.42. The van der Waals surface area contributed by atoms with E-state index in [9.17, 15) is 0 Å². The number of ether oxygens (including phenoxy) is 3. The lowest BCUT2D eigenvalue weighted by molar-refractivity contribution is -0.117. The molecule has 0 aliphatic carbocycles. The lowest BCUT2D eigenvalue weighted by Crippen LogP contribution is -2.42. The fourth-order valence-corrected chi connectivity index (χ4v) is 1.30. The third-order valence-corrected chi connectivity index (χ3v) is 2.18. The van der Waals surface area contributed by atoms with Gasteiger partial charge in [-0.05, 0) is 0 Å². The second-order valence-corrected chi connectivity index (χ2v) is 2.81. The molecular weight excluding hydrogens is 144 g/mol. The van der Waals surface area contributed by atoms with Crippen LogP contribution >= 0.6 is 0 Å². The van der Waals surface area contributed by atoms with Gasteiger partial charge in [0.15, 0.2) is 0 Å². The van der Waals surface area contributed by atoms with Crippen LogP contribution < -0.4 is 0 Å². The fraction of sp³-hybridized carbons (Fsp3) is 0.875. The van der Waals surface area contributed by atoms with Gasteiger partial charge in [-0.15, -0.1) is 0 Å². The van der Waals surface area contributed by atoms with E-state index in [0.717, 1.165) is 26.1 Å². The van der Waals surface area contributed by atoms with Gasteiger partial charge in [0.05, 0.1) is 12.2 Å². The molecule has 0 N–H and O–H groups in total. The molecule has 1 heterocycles. The quantitative estimate of drug-likeness (QED) is 0.610. The van der Waals surface area contributed by atoms with Crippen LogP contribution in [0, 0.1) is 7.11 Å². The van der Waals surface area contributed by atoms with E-state index >= 15 is 0 Å². The highest BCUT2D eigenvalue weighted by Crippen LogP contribution is 2.24. The summed E-state index contributed by atoms with van der Waals surface area (Å²) in [5.41, 5.74) is -0.201.